The molecular weight excluding hydrogens is 548 g/mol. The van der Waals surface area contributed by atoms with Gasteiger partial charge in [-0.25, -0.2) is 9.79 Å². The van der Waals surface area contributed by atoms with Crippen LogP contribution in [0, 0.1) is 0 Å². The zero-order valence-electron chi connectivity index (χ0n) is 20.2. The third-order valence-corrected chi connectivity index (χ3v) is 7.04. The van der Waals surface area contributed by atoms with E-state index in [1.165, 1.54) is 23.0 Å². The van der Waals surface area contributed by atoms with Crippen molar-refractivity contribution in [3.05, 3.63) is 83.0 Å². The van der Waals surface area contributed by atoms with E-state index in [9.17, 15) is 14.7 Å². The maximum Gasteiger partial charge on any atom is 0.338 e. The standard InChI is InChI=1S/C26H25BrN2O6S/c1-5-34-18-9-7-15(8-10-18)22-21(25(32)35-6-2)14(3)28-26-29(22)24(31)20(36-26)12-16-11-17(27)13-19(33-4)23(16)30/h7-13,22,30H,5-6H2,1-4H3/t22-/m1/s1. The highest BCUT2D eigenvalue weighted by Crippen LogP contribution is 2.34. The minimum Gasteiger partial charge on any atom is -0.504 e. The third-order valence-electron chi connectivity index (χ3n) is 5.60. The number of hydrogen-bond donors (Lipinski definition) is 1. The van der Waals surface area contributed by atoms with Gasteiger partial charge in [-0.1, -0.05) is 39.4 Å². The number of thiazole rings is 1. The van der Waals surface area contributed by atoms with Crippen molar-refractivity contribution in [2.24, 2.45) is 4.99 Å². The molecule has 0 unspecified atom stereocenters. The maximum absolute atomic E-state index is 13.7. The van der Waals surface area contributed by atoms with Gasteiger partial charge in [-0.15, -0.1) is 0 Å². The fraction of sp³-hybridized carbons (Fsp3) is 0.269. The minimum absolute atomic E-state index is 0.0852. The van der Waals surface area contributed by atoms with Crippen LogP contribution < -0.4 is 24.4 Å². The largest absolute Gasteiger partial charge is 0.504 e. The minimum atomic E-state index is -0.733. The van der Waals surface area contributed by atoms with E-state index in [1.807, 2.05) is 19.1 Å². The van der Waals surface area contributed by atoms with Crippen molar-refractivity contribution in [1.29, 1.82) is 0 Å². The van der Waals surface area contributed by atoms with E-state index in [2.05, 4.69) is 20.9 Å². The topological polar surface area (TPSA) is 99.4 Å². The van der Waals surface area contributed by atoms with Crippen molar-refractivity contribution in [2.45, 2.75) is 26.8 Å². The first-order chi connectivity index (χ1) is 17.3. The highest BCUT2D eigenvalue weighted by molar-refractivity contribution is 9.10. The number of nitrogens with zero attached hydrogens (tertiary/aromatic N) is 2. The SMILES string of the molecule is CCOC(=O)C1=C(C)N=c2sc(=Cc3cc(Br)cc(OC)c3O)c(=O)n2[C@@H]1c1ccc(OCC)cc1. The van der Waals surface area contributed by atoms with Crippen molar-refractivity contribution in [3.63, 3.8) is 0 Å². The summed E-state index contributed by atoms with van der Waals surface area (Å²) in [6, 6.07) is 9.86. The molecule has 2 heterocycles. The van der Waals surface area contributed by atoms with Crippen LogP contribution in [0.4, 0.5) is 0 Å². The van der Waals surface area contributed by atoms with Gasteiger partial charge in [0.15, 0.2) is 16.3 Å². The van der Waals surface area contributed by atoms with E-state index >= 15 is 0 Å². The molecule has 1 atom stereocenters. The molecule has 1 N–H and O–H groups in total. The number of carbonyl (C=O) groups is 1. The van der Waals surface area contributed by atoms with E-state index in [0.29, 0.717) is 43.0 Å². The van der Waals surface area contributed by atoms with E-state index in [1.54, 1.807) is 44.2 Å². The molecule has 0 amide bonds. The number of fused-ring (bicyclic) bond motifs is 1. The van der Waals surface area contributed by atoms with E-state index in [-0.39, 0.29) is 23.7 Å². The van der Waals surface area contributed by atoms with E-state index in [4.69, 9.17) is 14.2 Å². The van der Waals surface area contributed by atoms with Crippen LogP contribution in [0.5, 0.6) is 17.2 Å². The van der Waals surface area contributed by atoms with Gasteiger partial charge < -0.3 is 19.3 Å². The number of allylic oxidation sites excluding steroid dienone is 1. The predicted molar refractivity (Wildman–Crippen MR) is 140 cm³/mol. The Morgan fingerprint density at radius 2 is 1.94 bits per heavy atom. The van der Waals surface area contributed by atoms with Gasteiger partial charge >= 0.3 is 5.97 Å². The number of halogens is 1. The molecule has 0 saturated carbocycles. The van der Waals surface area contributed by atoms with Crippen LogP contribution in [0.15, 0.2) is 61.9 Å². The Hall–Kier alpha value is -3.37. The molecule has 0 aliphatic carbocycles. The Morgan fingerprint density at radius 1 is 1.22 bits per heavy atom. The molecule has 188 valence electrons. The summed E-state index contributed by atoms with van der Waals surface area (Å²) < 4.78 is 18.6. The Bertz CT molecular complexity index is 1520. The molecule has 3 aromatic rings. The zero-order valence-corrected chi connectivity index (χ0v) is 22.6. The summed E-state index contributed by atoms with van der Waals surface area (Å²) in [4.78, 5) is 31.7. The predicted octanol–water partition coefficient (Wildman–Crippen LogP) is 3.67. The number of aromatic nitrogens is 1. The molecule has 0 radical (unpaired) electrons. The van der Waals surface area contributed by atoms with Crippen molar-refractivity contribution in [3.8, 4) is 17.2 Å². The van der Waals surface area contributed by atoms with Crippen molar-refractivity contribution >= 4 is 39.3 Å². The number of carbonyl (C=O) groups excluding carboxylic acids is 1. The van der Waals surface area contributed by atoms with Gasteiger partial charge in [0.25, 0.3) is 5.56 Å². The van der Waals surface area contributed by atoms with Crippen LogP contribution in [0.3, 0.4) is 0 Å². The molecule has 1 aromatic heterocycles. The summed E-state index contributed by atoms with van der Waals surface area (Å²) in [5, 5.41) is 10.6. The van der Waals surface area contributed by atoms with E-state index < -0.39 is 12.0 Å². The van der Waals surface area contributed by atoms with Gasteiger partial charge in [0, 0.05) is 10.0 Å². The highest BCUT2D eigenvalue weighted by Gasteiger charge is 2.33. The summed E-state index contributed by atoms with van der Waals surface area (Å²) in [6.45, 7) is 6.08. The third kappa shape index (κ3) is 4.83. The van der Waals surface area contributed by atoms with Crippen molar-refractivity contribution < 1.29 is 24.1 Å². The van der Waals surface area contributed by atoms with Gasteiger partial charge in [0.1, 0.15) is 5.75 Å². The van der Waals surface area contributed by atoms with Gasteiger partial charge in [0.2, 0.25) is 0 Å². The average Bonchev–Trinajstić information content (AvgIpc) is 3.15. The summed E-state index contributed by atoms with van der Waals surface area (Å²) in [5.74, 6) is 0.349. The lowest BCUT2D eigenvalue weighted by Crippen LogP contribution is -2.39. The number of phenolic OH excluding ortho intramolecular Hbond substituents is 1. The lowest BCUT2D eigenvalue weighted by Gasteiger charge is -2.24. The Morgan fingerprint density at radius 3 is 2.58 bits per heavy atom. The molecule has 0 bridgehead atoms. The van der Waals surface area contributed by atoms with Crippen LogP contribution in [0.1, 0.15) is 37.9 Å². The van der Waals surface area contributed by atoms with Crippen molar-refractivity contribution in [2.75, 3.05) is 20.3 Å². The second kappa shape index (κ2) is 10.7. The molecule has 2 aromatic carbocycles. The summed E-state index contributed by atoms with van der Waals surface area (Å²) in [6.07, 6.45) is 1.59. The molecule has 0 spiro atoms. The Kier molecular flexibility index (Phi) is 7.65. The molecule has 0 saturated heterocycles. The maximum atomic E-state index is 13.7. The van der Waals surface area contributed by atoms with Crippen LogP contribution in [0.2, 0.25) is 0 Å². The molecule has 1 aliphatic heterocycles. The number of esters is 1. The van der Waals surface area contributed by atoms with Crippen LogP contribution >= 0.6 is 27.3 Å². The zero-order chi connectivity index (χ0) is 26.0. The normalized spacial score (nSPS) is 15.4. The average molecular weight is 573 g/mol. The van der Waals surface area contributed by atoms with Crippen LogP contribution in [0.25, 0.3) is 6.08 Å². The number of aromatic hydroxyl groups is 1. The van der Waals surface area contributed by atoms with Crippen LogP contribution in [-0.4, -0.2) is 36.0 Å². The Balaban J connectivity index is 1.94. The van der Waals surface area contributed by atoms with Gasteiger partial charge in [0.05, 0.1) is 42.2 Å². The smallest absolute Gasteiger partial charge is 0.338 e. The molecule has 36 heavy (non-hydrogen) atoms. The molecular formula is C26H25BrN2O6S. The fourth-order valence-electron chi connectivity index (χ4n) is 4.02. The highest BCUT2D eigenvalue weighted by atomic mass is 79.9. The van der Waals surface area contributed by atoms with E-state index in [0.717, 1.165) is 5.56 Å². The summed E-state index contributed by atoms with van der Waals surface area (Å²) in [7, 11) is 1.45. The molecule has 0 fully saturated rings. The number of ether oxygens (including phenoxy) is 3. The number of benzene rings is 2. The molecule has 1 aliphatic rings. The van der Waals surface area contributed by atoms with Gasteiger partial charge in [-0.2, -0.15) is 0 Å². The second-order valence-electron chi connectivity index (χ2n) is 7.85. The van der Waals surface area contributed by atoms with Gasteiger partial charge in [-0.05, 0) is 56.7 Å². The quantitative estimate of drug-likeness (QED) is 0.434. The first-order valence-electron chi connectivity index (χ1n) is 11.3. The number of hydrogen-bond acceptors (Lipinski definition) is 8. The second-order valence-corrected chi connectivity index (χ2v) is 9.77. The summed E-state index contributed by atoms with van der Waals surface area (Å²) in [5.41, 5.74) is 1.56. The lowest BCUT2D eigenvalue weighted by atomic mass is 9.96. The molecule has 10 heteroatoms. The van der Waals surface area contributed by atoms with Gasteiger partial charge in [-0.3, -0.25) is 9.36 Å². The lowest BCUT2D eigenvalue weighted by molar-refractivity contribution is -0.139. The first kappa shape index (κ1) is 25.7. The van der Waals surface area contributed by atoms with Crippen LogP contribution in [-0.2, 0) is 9.53 Å². The monoisotopic (exact) mass is 572 g/mol. The Labute approximate surface area is 219 Å². The fourth-order valence-corrected chi connectivity index (χ4v) is 5.51. The molecule has 8 nitrogen and oxygen atoms in total. The summed E-state index contributed by atoms with van der Waals surface area (Å²) >= 11 is 4.58. The number of rotatable bonds is 7. The first-order valence-corrected chi connectivity index (χ1v) is 12.9. The van der Waals surface area contributed by atoms with Crippen molar-refractivity contribution in [1.82, 2.24) is 4.57 Å². The molecule has 4 rings (SSSR count). The number of methoxy groups -OCH3 is 1. The number of phenols is 1.